The van der Waals surface area contributed by atoms with Gasteiger partial charge < -0.3 is 15.1 Å². The van der Waals surface area contributed by atoms with Gasteiger partial charge >= 0.3 is 0 Å². The molecule has 2 N–H and O–H groups in total. The smallest absolute Gasteiger partial charge is 0.260 e. The van der Waals surface area contributed by atoms with Crippen LogP contribution in [0.5, 0.6) is 5.75 Å². The van der Waals surface area contributed by atoms with E-state index in [2.05, 4.69) is 0 Å². The number of aromatic hydroxyl groups is 1. The Kier molecular flexibility index (Phi) is 2.78. The van der Waals surface area contributed by atoms with Gasteiger partial charge in [0.25, 0.3) is 5.91 Å². The molecule has 1 aliphatic rings. The molecule has 1 aromatic carbocycles. The maximum absolute atomic E-state index is 13.4. The number of amides is 1. The van der Waals surface area contributed by atoms with E-state index in [-0.39, 0.29) is 17.9 Å². The highest BCUT2D eigenvalue weighted by Gasteiger charge is 2.28. The average Bonchev–Trinajstić information content (AvgIpc) is 2.64. The van der Waals surface area contributed by atoms with Crippen LogP contribution < -0.4 is 0 Å². The molecule has 0 radical (unpaired) electrons. The zero-order valence-corrected chi connectivity index (χ0v) is 8.56. The van der Waals surface area contributed by atoms with Crippen molar-refractivity contribution in [1.29, 1.82) is 0 Å². The number of β-amino-alcohol motifs (C(OH)–C–C–N with tert-alkyl or cyclic N) is 1. The van der Waals surface area contributed by atoms with Crippen LogP contribution in [0.2, 0.25) is 0 Å². The lowest BCUT2D eigenvalue weighted by molar-refractivity contribution is 0.0757. The average molecular weight is 225 g/mol. The molecule has 5 heteroatoms. The van der Waals surface area contributed by atoms with Gasteiger partial charge in [-0.15, -0.1) is 0 Å². The van der Waals surface area contributed by atoms with Crippen molar-refractivity contribution in [1.82, 2.24) is 4.90 Å². The number of phenols is 1. The number of carbonyl (C=O) groups is 1. The Bertz CT molecular complexity index is 401. The quantitative estimate of drug-likeness (QED) is 0.741. The zero-order chi connectivity index (χ0) is 11.7. The predicted molar refractivity (Wildman–Crippen MR) is 54.6 cm³/mol. The Balaban J connectivity index is 2.27. The fraction of sp³-hybridized carbons (Fsp3) is 0.364. The van der Waals surface area contributed by atoms with Crippen LogP contribution in [-0.4, -0.2) is 40.2 Å². The Morgan fingerprint density at radius 1 is 1.50 bits per heavy atom. The minimum absolute atomic E-state index is 0.187. The summed E-state index contributed by atoms with van der Waals surface area (Å²) in [5.74, 6) is -1.69. The summed E-state index contributed by atoms with van der Waals surface area (Å²) in [6.07, 6.45) is -0.0705. The number of hydrogen-bond acceptors (Lipinski definition) is 3. The number of likely N-dealkylation sites (tertiary alicyclic amines) is 1. The van der Waals surface area contributed by atoms with Crippen LogP contribution in [0.25, 0.3) is 0 Å². The van der Waals surface area contributed by atoms with Crippen LogP contribution in [-0.2, 0) is 0 Å². The molecule has 0 spiro atoms. The third kappa shape index (κ3) is 1.86. The third-order valence-corrected chi connectivity index (χ3v) is 2.66. The van der Waals surface area contributed by atoms with Gasteiger partial charge in [0, 0.05) is 13.1 Å². The van der Waals surface area contributed by atoms with E-state index in [0.29, 0.717) is 13.0 Å². The zero-order valence-electron chi connectivity index (χ0n) is 8.56. The van der Waals surface area contributed by atoms with Gasteiger partial charge in [0.15, 0.2) is 0 Å². The largest absolute Gasteiger partial charge is 0.507 e. The third-order valence-electron chi connectivity index (χ3n) is 2.66. The van der Waals surface area contributed by atoms with E-state index in [1.807, 2.05) is 0 Å². The first-order valence-electron chi connectivity index (χ1n) is 5.04. The molecule has 86 valence electrons. The SMILES string of the molecule is O=C(c1c(O)cccc1F)N1CC[C@@H](O)C1. The summed E-state index contributed by atoms with van der Waals surface area (Å²) in [5, 5.41) is 18.7. The summed E-state index contributed by atoms with van der Waals surface area (Å²) in [6, 6.07) is 3.72. The van der Waals surface area contributed by atoms with Gasteiger partial charge in [0.2, 0.25) is 0 Å². The maximum Gasteiger partial charge on any atom is 0.260 e. The summed E-state index contributed by atoms with van der Waals surface area (Å²) >= 11 is 0. The first-order valence-corrected chi connectivity index (χ1v) is 5.04. The Hall–Kier alpha value is -1.62. The predicted octanol–water partition coefficient (Wildman–Crippen LogP) is 0.738. The fourth-order valence-electron chi connectivity index (χ4n) is 1.81. The van der Waals surface area contributed by atoms with Gasteiger partial charge in [-0.25, -0.2) is 4.39 Å². The second-order valence-corrected chi connectivity index (χ2v) is 3.83. The van der Waals surface area contributed by atoms with Crippen LogP contribution in [0.1, 0.15) is 16.8 Å². The number of nitrogens with zero attached hydrogens (tertiary/aromatic N) is 1. The molecule has 0 unspecified atom stereocenters. The standard InChI is InChI=1S/C11H12FNO3/c12-8-2-1-3-9(15)10(8)11(16)13-5-4-7(14)6-13/h1-3,7,14-15H,4-6H2/t7-/m1/s1. The number of aliphatic hydroxyl groups excluding tert-OH is 1. The first-order chi connectivity index (χ1) is 7.59. The summed E-state index contributed by atoms with van der Waals surface area (Å²) in [5.41, 5.74) is -0.323. The van der Waals surface area contributed by atoms with E-state index in [1.54, 1.807) is 0 Å². The van der Waals surface area contributed by atoms with E-state index < -0.39 is 17.8 Å². The molecule has 1 saturated heterocycles. The number of rotatable bonds is 1. The highest BCUT2D eigenvalue weighted by Crippen LogP contribution is 2.23. The van der Waals surface area contributed by atoms with Crippen molar-refractivity contribution in [3.8, 4) is 5.75 Å². The number of carbonyl (C=O) groups excluding carboxylic acids is 1. The minimum atomic E-state index is -0.744. The molecule has 0 aliphatic carbocycles. The summed E-state index contributed by atoms with van der Waals surface area (Å²) in [6.45, 7) is 0.570. The minimum Gasteiger partial charge on any atom is -0.507 e. The van der Waals surface area contributed by atoms with E-state index in [9.17, 15) is 19.4 Å². The van der Waals surface area contributed by atoms with E-state index in [0.717, 1.165) is 6.07 Å². The van der Waals surface area contributed by atoms with Crippen molar-refractivity contribution in [3.05, 3.63) is 29.6 Å². The molecule has 2 rings (SSSR count). The Morgan fingerprint density at radius 2 is 2.25 bits per heavy atom. The van der Waals surface area contributed by atoms with Crippen molar-refractivity contribution >= 4 is 5.91 Å². The lowest BCUT2D eigenvalue weighted by Crippen LogP contribution is -2.30. The van der Waals surface area contributed by atoms with Crippen LogP contribution in [0.3, 0.4) is 0 Å². The molecule has 0 saturated carbocycles. The van der Waals surface area contributed by atoms with Crippen molar-refractivity contribution < 1.29 is 19.4 Å². The first kappa shape index (κ1) is 10.9. The van der Waals surface area contributed by atoms with Gasteiger partial charge in [0.1, 0.15) is 17.1 Å². The van der Waals surface area contributed by atoms with Crippen LogP contribution in [0, 0.1) is 5.82 Å². The lowest BCUT2D eigenvalue weighted by Gasteiger charge is -2.16. The molecule has 1 aromatic rings. The normalized spacial score (nSPS) is 20.1. The van der Waals surface area contributed by atoms with Gasteiger partial charge in [-0.3, -0.25) is 4.79 Å². The number of aliphatic hydroxyl groups is 1. The molecular weight excluding hydrogens is 213 g/mol. The topological polar surface area (TPSA) is 60.8 Å². The fourth-order valence-corrected chi connectivity index (χ4v) is 1.81. The summed E-state index contributed by atoms with van der Waals surface area (Å²) < 4.78 is 13.4. The highest BCUT2D eigenvalue weighted by molar-refractivity contribution is 5.97. The molecule has 1 amide bonds. The van der Waals surface area contributed by atoms with Crippen LogP contribution in [0.15, 0.2) is 18.2 Å². The molecule has 16 heavy (non-hydrogen) atoms. The molecule has 1 heterocycles. The lowest BCUT2D eigenvalue weighted by atomic mass is 10.1. The van der Waals surface area contributed by atoms with Crippen molar-refractivity contribution in [2.75, 3.05) is 13.1 Å². The summed E-state index contributed by atoms with van der Waals surface area (Å²) in [4.78, 5) is 13.2. The maximum atomic E-state index is 13.4. The van der Waals surface area contributed by atoms with E-state index in [1.165, 1.54) is 17.0 Å². The van der Waals surface area contributed by atoms with Crippen molar-refractivity contribution in [3.63, 3.8) is 0 Å². The molecule has 0 bridgehead atoms. The molecule has 4 nitrogen and oxygen atoms in total. The number of hydrogen-bond donors (Lipinski definition) is 2. The molecule has 1 atom stereocenters. The molecule has 0 aromatic heterocycles. The van der Waals surface area contributed by atoms with Gasteiger partial charge in [-0.1, -0.05) is 6.07 Å². The number of phenolic OH excluding ortho intramolecular Hbond substituents is 1. The molecule has 1 fully saturated rings. The number of benzene rings is 1. The van der Waals surface area contributed by atoms with E-state index >= 15 is 0 Å². The van der Waals surface area contributed by atoms with Gasteiger partial charge in [-0.05, 0) is 18.6 Å². The number of halogens is 1. The Morgan fingerprint density at radius 3 is 2.81 bits per heavy atom. The molecule has 1 aliphatic heterocycles. The monoisotopic (exact) mass is 225 g/mol. The second kappa shape index (κ2) is 4.09. The molecular formula is C11H12FNO3. The van der Waals surface area contributed by atoms with Crippen LogP contribution in [0.4, 0.5) is 4.39 Å². The van der Waals surface area contributed by atoms with Crippen molar-refractivity contribution in [2.24, 2.45) is 0 Å². The van der Waals surface area contributed by atoms with Gasteiger partial charge in [-0.2, -0.15) is 0 Å². The Labute approximate surface area is 91.9 Å². The van der Waals surface area contributed by atoms with Crippen molar-refractivity contribution in [2.45, 2.75) is 12.5 Å². The second-order valence-electron chi connectivity index (χ2n) is 3.83. The highest BCUT2D eigenvalue weighted by atomic mass is 19.1. The van der Waals surface area contributed by atoms with Crippen LogP contribution >= 0.6 is 0 Å². The van der Waals surface area contributed by atoms with Gasteiger partial charge in [0.05, 0.1) is 6.10 Å². The summed E-state index contributed by atoms with van der Waals surface area (Å²) in [7, 11) is 0. The van der Waals surface area contributed by atoms with E-state index in [4.69, 9.17) is 0 Å².